The van der Waals surface area contributed by atoms with E-state index in [4.69, 9.17) is 10.5 Å². The van der Waals surface area contributed by atoms with Crippen molar-refractivity contribution in [2.24, 2.45) is 0 Å². The summed E-state index contributed by atoms with van der Waals surface area (Å²) < 4.78 is 7.31. The lowest BCUT2D eigenvalue weighted by Crippen LogP contribution is -2.27. The highest BCUT2D eigenvalue weighted by Gasteiger charge is 2.16. The molecule has 0 aliphatic heterocycles. The molecule has 3 rings (SSSR count). The number of benzene rings is 1. The van der Waals surface area contributed by atoms with Crippen molar-refractivity contribution in [3.05, 3.63) is 51.9 Å². The number of rotatable bonds is 13. The maximum atomic E-state index is 13.5. The van der Waals surface area contributed by atoms with Crippen molar-refractivity contribution >= 4 is 22.7 Å². The second kappa shape index (κ2) is 12.5. The predicted octanol–water partition coefficient (Wildman–Crippen LogP) is 3.24. The Morgan fingerprint density at radius 2 is 2.00 bits per heavy atom. The number of hydrogen-bond acceptors (Lipinski definition) is 8. The molecule has 0 aliphatic carbocycles. The van der Waals surface area contributed by atoms with E-state index in [1.54, 1.807) is 23.9 Å². The van der Waals surface area contributed by atoms with Gasteiger partial charge in [-0.15, -0.1) is 0 Å². The Morgan fingerprint density at radius 3 is 2.69 bits per heavy atom. The minimum absolute atomic E-state index is 0.129. The smallest absolute Gasteiger partial charge is 0.264 e. The van der Waals surface area contributed by atoms with Crippen molar-refractivity contribution in [1.82, 2.24) is 19.4 Å². The Labute approximate surface area is 207 Å². The summed E-state index contributed by atoms with van der Waals surface area (Å²) in [6.07, 6.45) is 4.71. The number of nitrogens with two attached hydrogens (primary N) is 1. The molecule has 1 atom stereocenters. The van der Waals surface area contributed by atoms with Gasteiger partial charge in [0, 0.05) is 30.9 Å². The van der Waals surface area contributed by atoms with Crippen molar-refractivity contribution in [2.45, 2.75) is 59.2 Å². The summed E-state index contributed by atoms with van der Waals surface area (Å²) in [4.78, 5) is 24.3. The zero-order chi connectivity index (χ0) is 25.4. The van der Waals surface area contributed by atoms with Gasteiger partial charge in [-0.2, -0.15) is 4.98 Å². The molecular weight excluding hydrogens is 444 g/mol. The molecule has 1 aromatic carbocycles. The van der Waals surface area contributed by atoms with Crippen LogP contribution in [0.4, 0.5) is 11.8 Å². The number of aliphatic hydroxyl groups excluding tert-OH is 1. The zero-order valence-electron chi connectivity index (χ0n) is 21.3. The summed E-state index contributed by atoms with van der Waals surface area (Å²) in [7, 11) is 1.64. The molecule has 3 aromatic rings. The molecule has 0 aliphatic rings. The molecule has 2 aromatic heterocycles. The molecule has 2 heterocycles. The number of methoxy groups -OCH3 is 1. The largest absolute Gasteiger partial charge is 0.496 e. The summed E-state index contributed by atoms with van der Waals surface area (Å²) in [6.45, 7) is 9.05. The second-order valence-electron chi connectivity index (χ2n) is 8.92. The Bertz CT molecular complexity index is 1170. The van der Waals surface area contributed by atoms with Crippen LogP contribution in [0.3, 0.4) is 0 Å². The van der Waals surface area contributed by atoms with E-state index in [1.807, 2.05) is 18.2 Å². The molecule has 9 nitrogen and oxygen atoms in total. The van der Waals surface area contributed by atoms with Crippen LogP contribution >= 0.6 is 0 Å². The number of nitrogen functional groups attached to an aromatic ring is 1. The zero-order valence-corrected chi connectivity index (χ0v) is 21.3. The summed E-state index contributed by atoms with van der Waals surface area (Å²) >= 11 is 0. The third kappa shape index (κ3) is 6.70. The van der Waals surface area contributed by atoms with E-state index < -0.39 is 0 Å². The molecule has 0 amide bonds. The van der Waals surface area contributed by atoms with Crippen molar-refractivity contribution in [3.8, 4) is 5.75 Å². The molecule has 0 fully saturated rings. The highest BCUT2D eigenvalue weighted by Crippen LogP contribution is 2.24. The monoisotopic (exact) mass is 482 g/mol. The van der Waals surface area contributed by atoms with Crippen LogP contribution in [0, 0.1) is 0 Å². The summed E-state index contributed by atoms with van der Waals surface area (Å²) in [5.41, 5.74) is 8.23. The van der Waals surface area contributed by atoms with Gasteiger partial charge in [0.15, 0.2) is 0 Å². The molecule has 0 spiro atoms. The van der Waals surface area contributed by atoms with Gasteiger partial charge in [0.05, 0.1) is 25.8 Å². The molecule has 0 radical (unpaired) electrons. The third-order valence-electron chi connectivity index (χ3n) is 6.00. The van der Waals surface area contributed by atoms with Crippen molar-refractivity contribution in [2.75, 3.05) is 37.9 Å². The Hall–Kier alpha value is -3.17. The van der Waals surface area contributed by atoms with Gasteiger partial charge in [0.2, 0.25) is 5.95 Å². The molecule has 9 heteroatoms. The summed E-state index contributed by atoms with van der Waals surface area (Å²) in [6, 6.07) is 7.99. The maximum Gasteiger partial charge on any atom is 0.264 e. The predicted molar refractivity (Wildman–Crippen MR) is 141 cm³/mol. The lowest BCUT2D eigenvalue weighted by atomic mass is 10.1. The van der Waals surface area contributed by atoms with Gasteiger partial charge in [-0.05, 0) is 44.0 Å². The molecule has 190 valence electrons. The fourth-order valence-electron chi connectivity index (χ4n) is 4.35. The highest BCUT2D eigenvalue weighted by atomic mass is 16.5. The van der Waals surface area contributed by atoms with Gasteiger partial charge in [0.25, 0.3) is 5.56 Å². The van der Waals surface area contributed by atoms with Gasteiger partial charge in [-0.3, -0.25) is 9.69 Å². The number of hydrogen-bond donors (Lipinski definition) is 3. The average Bonchev–Trinajstić information content (AvgIpc) is 2.81. The number of fused-ring (bicyclic) bond motifs is 1. The minimum Gasteiger partial charge on any atom is -0.496 e. The third-order valence-corrected chi connectivity index (χ3v) is 6.00. The van der Waals surface area contributed by atoms with Crippen molar-refractivity contribution in [1.29, 1.82) is 0 Å². The molecule has 4 N–H and O–H groups in total. The summed E-state index contributed by atoms with van der Waals surface area (Å²) in [5.74, 6) is 1.32. The minimum atomic E-state index is -0.183. The van der Waals surface area contributed by atoms with Gasteiger partial charge in [0.1, 0.15) is 17.0 Å². The lowest BCUT2D eigenvalue weighted by molar-refractivity contribution is 0.190. The lowest BCUT2D eigenvalue weighted by Gasteiger charge is -2.21. The van der Waals surface area contributed by atoms with Crippen molar-refractivity contribution in [3.63, 3.8) is 0 Å². The molecule has 0 unspecified atom stereocenters. The molecule has 35 heavy (non-hydrogen) atoms. The number of aliphatic hydroxyl groups is 1. The van der Waals surface area contributed by atoms with E-state index in [-0.39, 0.29) is 24.2 Å². The van der Waals surface area contributed by atoms with E-state index in [0.717, 1.165) is 49.2 Å². The van der Waals surface area contributed by atoms with Gasteiger partial charge < -0.3 is 25.5 Å². The SMILES string of the molecule is CCC[C@@H](C)Nc1nc(N)nc2ccn(Cc3ccc(CN(CCC)CCO)cc3OC)c(=O)c12. The first-order valence-electron chi connectivity index (χ1n) is 12.3. The molecule has 0 saturated heterocycles. The average molecular weight is 483 g/mol. The summed E-state index contributed by atoms with van der Waals surface area (Å²) in [5, 5.41) is 13.1. The molecule has 0 saturated carbocycles. The maximum absolute atomic E-state index is 13.5. The number of aromatic nitrogens is 3. The Kier molecular flexibility index (Phi) is 9.45. The quantitative estimate of drug-likeness (QED) is 0.340. The fraction of sp³-hybridized carbons (Fsp3) is 0.500. The first-order chi connectivity index (χ1) is 16.9. The van der Waals surface area contributed by atoms with Crippen LogP contribution in [-0.2, 0) is 13.1 Å². The molecular formula is C26H38N6O3. The number of nitrogens with one attached hydrogen (secondary N) is 1. The van der Waals surface area contributed by atoms with E-state index >= 15 is 0 Å². The van der Waals surface area contributed by atoms with Crippen LogP contribution in [0.15, 0.2) is 35.3 Å². The van der Waals surface area contributed by atoms with Crippen LogP contribution in [0.25, 0.3) is 10.9 Å². The first-order valence-corrected chi connectivity index (χ1v) is 12.3. The van der Waals surface area contributed by atoms with E-state index in [0.29, 0.717) is 29.8 Å². The standard InChI is InChI=1S/C26H38N6O3/c1-5-7-18(3)28-24-23-21(29-26(27)30-24)10-12-32(25(23)34)17-20-9-8-19(15-22(20)35-4)16-31(11-6-2)13-14-33/h8-10,12,15,18,33H,5-7,11,13-14,16-17H2,1-4H3,(H3,27,28,29,30)/t18-/m1/s1. The van der Waals surface area contributed by atoms with E-state index in [9.17, 15) is 9.90 Å². The van der Waals surface area contributed by atoms with Crippen LogP contribution < -0.4 is 21.3 Å². The number of pyridine rings is 1. The van der Waals surface area contributed by atoms with E-state index in [1.165, 1.54) is 0 Å². The first kappa shape index (κ1) is 26.4. The van der Waals surface area contributed by atoms with Gasteiger partial charge >= 0.3 is 0 Å². The Morgan fingerprint density at radius 1 is 1.20 bits per heavy atom. The Balaban J connectivity index is 1.93. The van der Waals surface area contributed by atoms with Crippen LogP contribution in [0.5, 0.6) is 5.75 Å². The number of anilines is 2. The topological polar surface area (TPSA) is 119 Å². The fourth-order valence-corrected chi connectivity index (χ4v) is 4.35. The van der Waals surface area contributed by atoms with E-state index in [2.05, 4.69) is 41.0 Å². The number of ether oxygens (including phenoxy) is 1. The number of nitrogens with zero attached hydrogens (tertiary/aromatic N) is 4. The van der Waals surface area contributed by atoms with Crippen LogP contribution in [-0.4, -0.2) is 57.4 Å². The van der Waals surface area contributed by atoms with Crippen molar-refractivity contribution < 1.29 is 9.84 Å². The van der Waals surface area contributed by atoms with Crippen LogP contribution in [0.2, 0.25) is 0 Å². The molecule has 0 bridgehead atoms. The van der Waals surface area contributed by atoms with Gasteiger partial charge in [-0.1, -0.05) is 32.4 Å². The normalized spacial score (nSPS) is 12.3. The second-order valence-corrected chi connectivity index (χ2v) is 8.92. The van der Waals surface area contributed by atoms with Gasteiger partial charge in [-0.25, -0.2) is 4.98 Å². The highest BCUT2D eigenvalue weighted by molar-refractivity contribution is 5.89. The van der Waals surface area contributed by atoms with Crippen LogP contribution in [0.1, 0.15) is 51.2 Å².